The summed E-state index contributed by atoms with van der Waals surface area (Å²) < 4.78 is 17.2. The molecule has 3 aliphatic rings. The van der Waals surface area contributed by atoms with Crippen LogP contribution < -0.4 is 4.74 Å². The van der Waals surface area contributed by atoms with Crippen LogP contribution in [-0.4, -0.2) is 33.5 Å². The number of aryl methyl sites for hydroxylation is 1. The van der Waals surface area contributed by atoms with Crippen molar-refractivity contribution < 1.29 is 14.2 Å². The molecule has 3 aliphatic carbocycles. The molecule has 2 fully saturated rings. The Kier molecular flexibility index (Phi) is 4.12. The Balaban J connectivity index is 1.66. The zero-order chi connectivity index (χ0) is 16.9. The van der Waals surface area contributed by atoms with Gasteiger partial charge in [-0.15, -0.1) is 0 Å². The zero-order valence-electron chi connectivity index (χ0n) is 15.4. The van der Waals surface area contributed by atoms with Crippen molar-refractivity contribution in [3.63, 3.8) is 0 Å². The van der Waals surface area contributed by atoms with Crippen LogP contribution in [-0.2, 0) is 15.9 Å². The van der Waals surface area contributed by atoms with Gasteiger partial charge in [-0.05, 0) is 78.5 Å². The summed E-state index contributed by atoms with van der Waals surface area (Å²) in [5, 5.41) is 0. The summed E-state index contributed by atoms with van der Waals surface area (Å²) in [5.41, 5.74) is 3.34. The summed E-state index contributed by atoms with van der Waals surface area (Å²) in [6.07, 6.45) is 6.62. The van der Waals surface area contributed by atoms with E-state index in [9.17, 15) is 0 Å². The molecular formula is C21H30O3. The maximum absolute atomic E-state index is 5.93. The van der Waals surface area contributed by atoms with Gasteiger partial charge in [0.1, 0.15) is 5.75 Å². The first-order chi connectivity index (χ1) is 11.6. The van der Waals surface area contributed by atoms with Gasteiger partial charge >= 0.3 is 0 Å². The molecule has 0 aromatic heterocycles. The van der Waals surface area contributed by atoms with Crippen molar-refractivity contribution >= 4 is 0 Å². The standard InChI is InChI=1S/C21H30O3/c1-21-10-9-16-15-8-6-14(22-2)11-13(15)5-7-17(16)18(21)12-19(23-3)20(21)24-4/h6,8,11,16-20H,5,7,9-10,12H2,1-4H3/t16-,17-,18-,19-,20-,21-/m0/s1. The van der Waals surface area contributed by atoms with Gasteiger partial charge in [0.15, 0.2) is 0 Å². The Morgan fingerprint density at radius 3 is 2.62 bits per heavy atom. The molecule has 3 heteroatoms. The third kappa shape index (κ3) is 2.24. The molecule has 0 aliphatic heterocycles. The van der Waals surface area contributed by atoms with Crippen molar-refractivity contribution in [1.29, 1.82) is 0 Å². The van der Waals surface area contributed by atoms with E-state index in [1.807, 2.05) is 14.2 Å². The normalized spacial score (nSPS) is 40.6. The average Bonchev–Trinajstić information content (AvgIpc) is 2.92. The summed E-state index contributed by atoms with van der Waals surface area (Å²) in [6, 6.07) is 6.72. The second-order valence-electron chi connectivity index (χ2n) is 8.19. The number of benzene rings is 1. The number of rotatable bonds is 3. The van der Waals surface area contributed by atoms with Gasteiger partial charge in [0.2, 0.25) is 0 Å². The van der Waals surface area contributed by atoms with Crippen LogP contribution in [0.5, 0.6) is 5.75 Å². The van der Waals surface area contributed by atoms with Crippen molar-refractivity contribution in [2.45, 2.75) is 57.2 Å². The van der Waals surface area contributed by atoms with Crippen molar-refractivity contribution in [3.05, 3.63) is 29.3 Å². The summed E-state index contributed by atoms with van der Waals surface area (Å²) in [6.45, 7) is 2.45. The van der Waals surface area contributed by atoms with Gasteiger partial charge < -0.3 is 14.2 Å². The van der Waals surface area contributed by atoms with Gasteiger partial charge in [-0.1, -0.05) is 13.0 Å². The molecule has 0 amide bonds. The molecule has 0 heterocycles. The molecule has 3 nitrogen and oxygen atoms in total. The molecular weight excluding hydrogens is 300 g/mol. The van der Waals surface area contributed by atoms with E-state index in [2.05, 4.69) is 25.1 Å². The first-order valence-corrected chi connectivity index (χ1v) is 9.34. The van der Waals surface area contributed by atoms with E-state index in [0.717, 1.165) is 18.1 Å². The smallest absolute Gasteiger partial charge is 0.119 e. The van der Waals surface area contributed by atoms with Crippen LogP contribution in [0.25, 0.3) is 0 Å². The number of ether oxygens (including phenoxy) is 3. The Labute approximate surface area is 145 Å². The van der Waals surface area contributed by atoms with Gasteiger partial charge in [0.05, 0.1) is 19.3 Å². The molecule has 0 radical (unpaired) electrons. The molecule has 2 saturated carbocycles. The highest BCUT2D eigenvalue weighted by Gasteiger charge is 2.58. The minimum absolute atomic E-state index is 0.241. The van der Waals surface area contributed by atoms with Crippen LogP contribution >= 0.6 is 0 Å². The summed E-state index contributed by atoms with van der Waals surface area (Å²) >= 11 is 0. The Morgan fingerprint density at radius 1 is 1.08 bits per heavy atom. The van der Waals surface area contributed by atoms with Gasteiger partial charge in [-0.2, -0.15) is 0 Å². The van der Waals surface area contributed by atoms with E-state index < -0.39 is 0 Å². The highest BCUT2D eigenvalue weighted by Crippen LogP contribution is 2.61. The van der Waals surface area contributed by atoms with E-state index in [0.29, 0.717) is 11.8 Å². The predicted molar refractivity (Wildman–Crippen MR) is 94.6 cm³/mol. The van der Waals surface area contributed by atoms with Crippen LogP contribution in [0.2, 0.25) is 0 Å². The Morgan fingerprint density at radius 2 is 1.92 bits per heavy atom. The van der Waals surface area contributed by atoms with Crippen LogP contribution in [0, 0.1) is 17.3 Å². The predicted octanol–water partition coefficient (Wildman–Crippen LogP) is 4.19. The monoisotopic (exact) mass is 330 g/mol. The molecule has 1 aromatic rings. The van der Waals surface area contributed by atoms with E-state index in [4.69, 9.17) is 14.2 Å². The van der Waals surface area contributed by atoms with Crippen molar-refractivity contribution in [2.24, 2.45) is 17.3 Å². The maximum Gasteiger partial charge on any atom is 0.119 e. The molecule has 1 aromatic carbocycles. The zero-order valence-corrected chi connectivity index (χ0v) is 15.4. The molecule has 4 rings (SSSR count). The van der Waals surface area contributed by atoms with E-state index in [1.54, 1.807) is 12.7 Å². The lowest BCUT2D eigenvalue weighted by Gasteiger charge is -2.50. The van der Waals surface area contributed by atoms with E-state index >= 15 is 0 Å². The van der Waals surface area contributed by atoms with E-state index in [-0.39, 0.29) is 17.6 Å². The molecule has 0 spiro atoms. The van der Waals surface area contributed by atoms with Crippen molar-refractivity contribution in [3.8, 4) is 5.75 Å². The molecule has 132 valence electrons. The van der Waals surface area contributed by atoms with Gasteiger partial charge in [0, 0.05) is 14.2 Å². The van der Waals surface area contributed by atoms with Gasteiger partial charge in [-0.25, -0.2) is 0 Å². The summed E-state index contributed by atoms with van der Waals surface area (Å²) in [7, 11) is 5.46. The van der Waals surface area contributed by atoms with Crippen molar-refractivity contribution in [1.82, 2.24) is 0 Å². The number of hydrogen-bond acceptors (Lipinski definition) is 3. The van der Waals surface area contributed by atoms with Crippen LogP contribution in [0.1, 0.15) is 49.7 Å². The Bertz CT molecular complexity index is 613. The van der Waals surface area contributed by atoms with Crippen molar-refractivity contribution in [2.75, 3.05) is 21.3 Å². The lowest BCUT2D eigenvalue weighted by Crippen LogP contribution is -2.45. The van der Waals surface area contributed by atoms with Crippen LogP contribution in [0.3, 0.4) is 0 Å². The largest absolute Gasteiger partial charge is 0.497 e. The molecule has 0 unspecified atom stereocenters. The topological polar surface area (TPSA) is 27.7 Å². The summed E-state index contributed by atoms with van der Waals surface area (Å²) in [4.78, 5) is 0. The van der Waals surface area contributed by atoms with Crippen LogP contribution in [0.15, 0.2) is 18.2 Å². The Hall–Kier alpha value is -1.06. The third-order valence-electron chi connectivity index (χ3n) is 7.40. The maximum atomic E-state index is 5.93. The summed E-state index contributed by atoms with van der Waals surface area (Å²) in [5.74, 6) is 3.17. The fourth-order valence-electron chi connectivity index (χ4n) is 6.27. The van der Waals surface area contributed by atoms with Gasteiger partial charge in [-0.3, -0.25) is 0 Å². The minimum Gasteiger partial charge on any atom is -0.497 e. The first kappa shape index (κ1) is 16.4. The fraction of sp³-hybridized carbons (Fsp3) is 0.714. The molecule has 0 N–H and O–H groups in total. The minimum atomic E-state index is 0.241. The highest BCUT2D eigenvalue weighted by atomic mass is 16.5. The molecule has 0 saturated heterocycles. The second-order valence-corrected chi connectivity index (χ2v) is 8.19. The first-order valence-electron chi connectivity index (χ1n) is 9.34. The average molecular weight is 330 g/mol. The molecule has 6 atom stereocenters. The number of hydrogen-bond donors (Lipinski definition) is 0. The second kappa shape index (κ2) is 6.03. The fourth-order valence-corrected chi connectivity index (χ4v) is 6.27. The molecule has 0 bridgehead atoms. The molecule has 24 heavy (non-hydrogen) atoms. The highest BCUT2D eigenvalue weighted by molar-refractivity contribution is 5.40. The lowest BCUT2D eigenvalue weighted by atomic mass is 9.55. The number of fused-ring (bicyclic) bond motifs is 5. The van der Waals surface area contributed by atoms with E-state index in [1.165, 1.54) is 31.2 Å². The lowest BCUT2D eigenvalue weighted by molar-refractivity contribution is -0.0832. The van der Waals surface area contributed by atoms with Crippen LogP contribution in [0.4, 0.5) is 0 Å². The quantitative estimate of drug-likeness (QED) is 0.831. The van der Waals surface area contributed by atoms with Gasteiger partial charge in [0.25, 0.3) is 0 Å². The number of methoxy groups -OCH3 is 3. The third-order valence-corrected chi connectivity index (χ3v) is 7.40. The SMILES string of the molecule is COc1ccc2c(c1)CC[C@H]1[C@H]2CC[C@@]2(C)[C@H]1C[C@H](OC)[C@@H]2OC.